The Morgan fingerprint density at radius 3 is 2.67 bits per heavy atom. The smallest absolute Gasteiger partial charge is 0.118 e. The summed E-state index contributed by atoms with van der Waals surface area (Å²) in [5.74, 6) is 0.871. The fraction of sp³-hybridized carbons (Fsp3) is 0.294. The molecular formula is C17H18ClNO2. The number of hydrogen-bond acceptors (Lipinski definition) is 3. The predicted octanol–water partition coefficient (Wildman–Crippen LogP) is 4.23. The van der Waals surface area contributed by atoms with Crippen LogP contribution in [-0.4, -0.2) is 18.8 Å². The lowest BCUT2D eigenvalue weighted by molar-refractivity contribution is -0.141. The number of hydrogen-bond donors (Lipinski definition) is 0. The first-order valence-electron chi connectivity index (χ1n) is 7.05. The Bertz CT molecular complexity index is 600. The van der Waals surface area contributed by atoms with Crippen LogP contribution in [0.25, 0.3) is 0 Å². The maximum atomic E-state index is 6.24. The van der Waals surface area contributed by atoms with Crippen LogP contribution >= 0.6 is 11.6 Å². The molecule has 0 N–H and O–H groups in total. The second-order valence-corrected chi connectivity index (χ2v) is 5.48. The molecule has 2 aromatic carbocycles. The normalized spacial score (nSPS) is 18.9. The highest BCUT2D eigenvalue weighted by molar-refractivity contribution is 6.31. The first-order valence-corrected chi connectivity index (χ1v) is 7.42. The molecule has 0 unspecified atom stereocenters. The van der Waals surface area contributed by atoms with Crippen molar-refractivity contribution in [3.63, 3.8) is 0 Å². The molecule has 3 rings (SSSR count). The van der Waals surface area contributed by atoms with Crippen LogP contribution < -0.4 is 4.74 Å². The maximum absolute atomic E-state index is 6.24. The third-order valence-electron chi connectivity index (χ3n) is 3.78. The Kier molecular flexibility index (Phi) is 4.44. The van der Waals surface area contributed by atoms with E-state index in [1.807, 2.05) is 41.5 Å². The maximum Gasteiger partial charge on any atom is 0.118 e. The summed E-state index contributed by atoms with van der Waals surface area (Å²) in [4.78, 5) is 5.78. The molecule has 0 bridgehead atoms. The van der Waals surface area contributed by atoms with Gasteiger partial charge in [0.25, 0.3) is 0 Å². The Hall–Kier alpha value is -1.55. The summed E-state index contributed by atoms with van der Waals surface area (Å²) >= 11 is 6.24. The Morgan fingerprint density at radius 2 is 1.95 bits per heavy atom. The van der Waals surface area contributed by atoms with Crippen molar-refractivity contribution in [2.45, 2.75) is 19.0 Å². The van der Waals surface area contributed by atoms with Crippen molar-refractivity contribution in [3.8, 4) is 5.75 Å². The van der Waals surface area contributed by atoms with E-state index in [9.17, 15) is 0 Å². The molecule has 1 atom stereocenters. The van der Waals surface area contributed by atoms with Crippen LogP contribution in [0.5, 0.6) is 5.75 Å². The SMILES string of the molecule is COc1ccc([C@H]2CCON2Cc2ccccc2Cl)cc1. The fourth-order valence-corrected chi connectivity index (χ4v) is 2.82. The zero-order chi connectivity index (χ0) is 14.7. The van der Waals surface area contributed by atoms with Crippen LogP contribution in [0.3, 0.4) is 0 Å². The van der Waals surface area contributed by atoms with Gasteiger partial charge in [-0.1, -0.05) is 41.9 Å². The number of rotatable bonds is 4. The number of ether oxygens (including phenoxy) is 1. The molecule has 0 radical (unpaired) electrons. The highest BCUT2D eigenvalue weighted by Crippen LogP contribution is 2.33. The van der Waals surface area contributed by atoms with Crippen LogP contribution in [0, 0.1) is 0 Å². The van der Waals surface area contributed by atoms with E-state index in [4.69, 9.17) is 21.2 Å². The van der Waals surface area contributed by atoms with Gasteiger partial charge in [-0.15, -0.1) is 0 Å². The fourth-order valence-electron chi connectivity index (χ4n) is 2.62. The molecule has 0 aliphatic carbocycles. The molecule has 3 nitrogen and oxygen atoms in total. The number of nitrogens with zero attached hydrogens (tertiary/aromatic N) is 1. The van der Waals surface area contributed by atoms with Gasteiger partial charge in [0, 0.05) is 5.02 Å². The molecule has 0 spiro atoms. The van der Waals surface area contributed by atoms with Gasteiger partial charge in [-0.3, -0.25) is 4.84 Å². The van der Waals surface area contributed by atoms with E-state index < -0.39 is 0 Å². The minimum atomic E-state index is 0.257. The highest BCUT2D eigenvalue weighted by Gasteiger charge is 2.27. The molecular weight excluding hydrogens is 286 g/mol. The molecule has 1 fully saturated rings. The molecule has 1 saturated heterocycles. The van der Waals surface area contributed by atoms with Crippen LogP contribution in [0.1, 0.15) is 23.6 Å². The number of methoxy groups -OCH3 is 1. The molecule has 0 aromatic heterocycles. The Morgan fingerprint density at radius 1 is 1.19 bits per heavy atom. The number of hydroxylamine groups is 2. The topological polar surface area (TPSA) is 21.7 Å². The van der Waals surface area contributed by atoms with Crippen molar-refractivity contribution < 1.29 is 9.57 Å². The first kappa shape index (κ1) is 14.4. The minimum absolute atomic E-state index is 0.257. The first-order chi connectivity index (χ1) is 10.3. The summed E-state index contributed by atoms with van der Waals surface area (Å²) in [7, 11) is 1.68. The Labute approximate surface area is 130 Å². The van der Waals surface area contributed by atoms with Crippen molar-refractivity contribution in [1.82, 2.24) is 5.06 Å². The average molecular weight is 304 g/mol. The summed E-state index contributed by atoms with van der Waals surface area (Å²) in [6.45, 7) is 1.43. The average Bonchev–Trinajstić information content (AvgIpc) is 2.98. The van der Waals surface area contributed by atoms with E-state index in [-0.39, 0.29) is 6.04 Å². The molecule has 4 heteroatoms. The largest absolute Gasteiger partial charge is 0.497 e. The van der Waals surface area contributed by atoms with E-state index in [1.54, 1.807) is 7.11 Å². The second kappa shape index (κ2) is 6.48. The molecule has 1 aliphatic rings. The lowest BCUT2D eigenvalue weighted by atomic mass is 10.0. The number of halogens is 1. The van der Waals surface area contributed by atoms with E-state index >= 15 is 0 Å². The highest BCUT2D eigenvalue weighted by atomic mass is 35.5. The summed E-state index contributed by atoms with van der Waals surface area (Å²) in [5, 5.41) is 2.80. The van der Waals surface area contributed by atoms with E-state index in [0.717, 1.165) is 29.4 Å². The standard InChI is InChI=1S/C17H18ClNO2/c1-20-15-8-6-13(7-9-15)17-10-11-21-19(17)12-14-4-2-3-5-16(14)18/h2-9,17H,10-12H2,1H3/t17-/m1/s1. The van der Waals surface area contributed by atoms with Gasteiger partial charge in [0.15, 0.2) is 0 Å². The van der Waals surface area contributed by atoms with Gasteiger partial charge in [-0.25, -0.2) is 0 Å². The predicted molar refractivity (Wildman–Crippen MR) is 83.3 cm³/mol. The molecule has 0 saturated carbocycles. The monoisotopic (exact) mass is 303 g/mol. The van der Waals surface area contributed by atoms with E-state index in [1.165, 1.54) is 5.56 Å². The van der Waals surface area contributed by atoms with Crippen molar-refractivity contribution in [3.05, 3.63) is 64.7 Å². The molecule has 0 amide bonds. The molecule has 1 heterocycles. The molecule has 110 valence electrons. The third kappa shape index (κ3) is 3.21. The van der Waals surface area contributed by atoms with Gasteiger partial charge in [0.1, 0.15) is 5.75 Å². The van der Waals surface area contributed by atoms with Crippen molar-refractivity contribution in [2.24, 2.45) is 0 Å². The third-order valence-corrected chi connectivity index (χ3v) is 4.15. The van der Waals surface area contributed by atoms with E-state index in [0.29, 0.717) is 6.54 Å². The number of benzene rings is 2. The second-order valence-electron chi connectivity index (χ2n) is 5.08. The molecule has 21 heavy (non-hydrogen) atoms. The van der Waals surface area contributed by atoms with Crippen molar-refractivity contribution in [2.75, 3.05) is 13.7 Å². The zero-order valence-corrected chi connectivity index (χ0v) is 12.7. The van der Waals surface area contributed by atoms with Crippen LogP contribution in [0.2, 0.25) is 5.02 Å². The van der Waals surface area contributed by atoms with Gasteiger partial charge < -0.3 is 4.74 Å². The van der Waals surface area contributed by atoms with Crippen LogP contribution in [0.4, 0.5) is 0 Å². The lowest BCUT2D eigenvalue weighted by Crippen LogP contribution is -2.21. The van der Waals surface area contributed by atoms with Crippen LogP contribution in [-0.2, 0) is 11.4 Å². The van der Waals surface area contributed by atoms with Gasteiger partial charge in [-0.2, -0.15) is 5.06 Å². The molecule has 1 aliphatic heterocycles. The Balaban J connectivity index is 1.77. The van der Waals surface area contributed by atoms with Crippen molar-refractivity contribution in [1.29, 1.82) is 0 Å². The van der Waals surface area contributed by atoms with Gasteiger partial charge in [0.05, 0.1) is 26.3 Å². The van der Waals surface area contributed by atoms with Gasteiger partial charge >= 0.3 is 0 Å². The van der Waals surface area contributed by atoms with Crippen LogP contribution in [0.15, 0.2) is 48.5 Å². The zero-order valence-electron chi connectivity index (χ0n) is 12.0. The van der Waals surface area contributed by atoms with Gasteiger partial charge in [-0.05, 0) is 35.7 Å². The lowest BCUT2D eigenvalue weighted by Gasteiger charge is -2.23. The summed E-state index contributed by atoms with van der Waals surface area (Å²) < 4.78 is 5.21. The summed E-state index contributed by atoms with van der Waals surface area (Å²) in [5.41, 5.74) is 2.32. The van der Waals surface area contributed by atoms with E-state index in [2.05, 4.69) is 12.1 Å². The molecule has 2 aromatic rings. The summed E-state index contributed by atoms with van der Waals surface area (Å²) in [6.07, 6.45) is 0.983. The van der Waals surface area contributed by atoms with Crippen molar-refractivity contribution >= 4 is 11.6 Å². The minimum Gasteiger partial charge on any atom is -0.497 e. The summed E-state index contributed by atoms with van der Waals surface area (Å²) in [6, 6.07) is 16.3. The quantitative estimate of drug-likeness (QED) is 0.844. The van der Waals surface area contributed by atoms with Gasteiger partial charge in [0.2, 0.25) is 0 Å².